The quantitative estimate of drug-likeness (QED) is 0.535. The molecule has 28 heavy (non-hydrogen) atoms. The molecule has 5 nitrogen and oxygen atoms in total. The Balaban J connectivity index is 1.31. The van der Waals surface area contributed by atoms with Crippen molar-refractivity contribution in [2.75, 3.05) is 31.1 Å². The van der Waals surface area contributed by atoms with Crippen molar-refractivity contribution >= 4 is 38.9 Å². The number of aryl methyl sites for hydroxylation is 1. The maximum absolute atomic E-state index is 13.0. The highest BCUT2D eigenvalue weighted by atomic mass is 32.1. The molecule has 0 atom stereocenters. The average molecular weight is 391 g/mol. The van der Waals surface area contributed by atoms with Crippen LogP contribution in [0.15, 0.2) is 53.9 Å². The first-order chi connectivity index (χ1) is 13.7. The molecule has 1 aliphatic heterocycles. The van der Waals surface area contributed by atoms with Crippen molar-refractivity contribution < 1.29 is 4.79 Å². The van der Waals surface area contributed by atoms with E-state index in [0.29, 0.717) is 6.42 Å². The number of imidazole rings is 1. The second kappa shape index (κ2) is 6.95. The lowest BCUT2D eigenvalue weighted by molar-refractivity contribution is -0.130. The van der Waals surface area contributed by atoms with Crippen LogP contribution >= 0.6 is 11.3 Å². The minimum atomic E-state index is 0.196. The molecule has 0 N–H and O–H groups in total. The number of thiazole rings is 1. The van der Waals surface area contributed by atoms with Gasteiger partial charge in [0.25, 0.3) is 0 Å². The Bertz CT molecular complexity index is 1150. The second-order valence-corrected chi connectivity index (χ2v) is 8.11. The van der Waals surface area contributed by atoms with E-state index in [1.165, 1.54) is 11.3 Å². The third kappa shape index (κ3) is 2.94. The molecule has 1 aliphatic rings. The first-order valence-corrected chi connectivity index (χ1v) is 10.5. The van der Waals surface area contributed by atoms with Crippen LogP contribution < -0.4 is 4.90 Å². The predicted octanol–water partition coefficient (Wildman–Crippen LogP) is 3.75. The van der Waals surface area contributed by atoms with Crippen molar-refractivity contribution in [1.82, 2.24) is 14.3 Å². The number of piperazine rings is 1. The minimum Gasteiger partial charge on any atom is -0.368 e. The summed E-state index contributed by atoms with van der Waals surface area (Å²) >= 11 is 1.60. The predicted molar refractivity (Wildman–Crippen MR) is 114 cm³/mol. The fourth-order valence-electron chi connectivity index (χ4n) is 4.04. The summed E-state index contributed by atoms with van der Waals surface area (Å²) in [5, 5.41) is 2.07. The number of carbonyl (C=O) groups is 1. The van der Waals surface area contributed by atoms with Gasteiger partial charge in [0.15, 0.2) is 4.96 Å². The zero-order valence-electron chi connectivity index (χ0n) is 15.8. The van der Waals surface area contributed by atoms with Crippen molar-refractivity contribution in [3.05, 3.63) is 65.2 Å². The monoisotopic (exact) mass is 390 g/mol. The number of carbonyl (C=O) groups excluding carboxylic acids is 1. The Morgan fingerprint density at radius 3 is 2.61 bits per heavy atom. The van der Waals surface area contributed by atoms with Gasteiger partial charge in [-0.05, 0) is 30.7 Å². The lowest BCUT2D eigenvalue weighted by atomic mass is 10.1. The van der Waals surface area contributed by atoms with Crippen molar-refractivity contribution in [2.45, 2.75) is 13.3 Å². The first-order valence-electron chi connectivity index (χ1n) is 9.62. The summed E-state index contributed by atoms with van der Waals surface area (Å²) in [6.45, 7) is 5.44. The fourth-order valence-corrected chi connectivity index (χ4v) is 4.94. The Labute approximate surface area is 167 Å². The number of rotatable bonds is 3. The summed E-state index contributed by atoms with van der Waals surface area (Å²) in [7, 11) is 0. The SMILES string of the molecule is Cc1ccccc1N1CCN(C(=O)Cc2csc3nc4ccccc4n23)CC1. The van der Waals surface area contributed by atoms with Crippen molar-refractivity contribution in [2.24, 2.45) is 0 Å². The molecular formula is C22H22N4OS. The number of hydrogen-bond acceptors (Lipinski definition) is 4. The van der Waals surface area contributed by atoms with Gasteiger partial charge < -0.3 is 9.80 Å². The maximum atomic E-state index is 13.0. The Hall–Kier alpha value is -2.86. The Kier molecular flexibility index (Phi) is 4.28. The molecule has 0 saturated carbocycles. The van der Waals surface area contributed by atoms with Crippen molar-refractivity contribution in [3.8, 4) is 0 Å². The molecule has 4 aromatic rings. The zero-order chi connectivity index (χ0) is 19.1. The van der Waals surface area contributed by atoms with Gasteiger partial charge in [-0.2, -0.15) is 0 Å². The molecule has 0 radical (unpaired) electrons. The average Bonchev–Trinajstić information content (AvgIpc) is 3.28. The van der Waals surface area contributed by atoms with Crippen molar-refractivity contribution in [1.29, 1.82) is 0 Å². The summed E-state index contributed by atoms with van der Waals surface area (Å²) in [4.78, 5) is 22.9. The van der Waals surface area contributed by atoms with Gasteiger partial charge in [0.1, 0.15) is 0 Å². The Morgan fingerprint density at radius 1 is 1.04 bits per heavy atom. The molecule has 0 unspecified atom stereocenters. The van der Waals surface area contributed by atoms with Gasteiger partial charge in [0.05, 0.1) is 17.5 Å². The van der Waals surface area contributed by atoms with Crippen LogP contribution in [0.3, 0.4) is 0 Å². The van der Waals surface area contributed by atoms with Crippen molar-refractivity contribution in [3.63, 3.8) is 0 Å². The van der Waals surface area contributed by atoms with Gasteiger partial charge in [0.2, 0.25) is 5.91 Å². The van der Waals surface area contributed by atoms with E-state index in [2.05, 4.69) is 56.9 Å². The van der Waals surface area contributed by atoms with E-state index in [4.69, 9.17) is 0 Å². The molecule has 142 valence electrons. The van der Waals surface area contributed by atoms with Crippen LogP contribution in [0.4, 0.5) is 5.69 Å². The van der Waals surface area contributed by atoms with Gasteiger partial charge in [-0.25, -0.2) is 4.98 Å². The minimum absolute atomic E-state index is 0.196. The third-order valence-electron chi connectivity index (χ3n) is 5.54. The molecule has 6 heteroatoms. The topological polar surface area (TPSA) is 40.8 Å². The second-order valence-electron chi connectivity index (χ2n) is 7.28. The number of benzene rings is 2. The number of anilines is 1. The van der Waals surface area contributed by atoms with Crippen LogP contribution in [0.25, 0.3) is 16.0 Å². The number of aromatic nitrogens is 2. The summed E-state index contributed by atoms with van der Waals surface area (Å²) in [6.07, 6.45) is 0.421. The molecule has 2 aromatic carbocycles. The summed E-state index contributed by atoms with van der Waals surface area (Å²) in [5.74, 6) is 0.196. The third-order valence-corrected chi connectivity index (χ3v) is 6.41. The molecule has 2 aromatic heterocycles. The van der Waals surface area contributed by atoms with Gasteiger partial charge in [-0.15, -0.1) is 11.3 Å². The van der Waals surface area contributed by atoms with E-state index in [-0.39, 0.29) is 5.91 Å². The molecular weight excluding hydrogens is 368 g/mol. The zero-order valence-corrected chi connectivity index (χ0v) is 16.7. The molecule has 3 heterocycles. The summed E-state index contributed by atoms with van der Waals surface area (Å²) in [5.41, 5.74) is 5.65. The Morgan fingerprint density at radius 2 is 1.79 bits per heavy atom. The smallest absolute Gasteiger partial charge is 0.228 e. The molecule has 1 amide bonds. The summed E-state index contributed by atoms with van der Waals surface area (Å²) in [6, 6.07) is 16.6. The molecule has 1 saturated heterocycles. The van der Waals surface area contributed by atoms with Crippen LogP contribution in [0, 0.1) is 6.92 Å². The fraction of sp³-hybridized carbons (Fsp3) is 0.273. The van der Waals surface area contributed by atoms with Crippen LogP contribution in [0.2, 0.25) is 0 Å². The number of hydrogen-bond donors (Lipinski definition) is 0. The van der Waals surface area contributed by atoms with E-state index >= 15 is 0 Å². The standard InChI is InChI=1S/C22H22N4OS/c1-16-6-2-4-8-19(16)24-10-12-25(13-11-24)21(27)14-17-15-28-22-23-18-7-3-5-9-20(18)26(17)22/h2-9,15H,10-14H2,1H3. The maximum Gasteiger partial charge on any atom is 0.228 e. The van der Waals surface area contributed by atoms with Crippen LogP contribution in [0.1, 0.15) is 11.3 Å². The molecule has 1 fully saturated rings. The number of para-hydroxylation sites is 3. The molecule has 0 bridgehead atoms. The highest BCUT2D eigenvalue weighted by Gasteiger charge is 2.23. The molecule has 0 aliphatic carbocycles. The van der Waals surface area contributed by atoms with E-state index in [1.807, 2.05) is 23.1 Å². The van der Waals surface area contributed by atoms with E-state index in [1.54, 1.807) is 11.3 Å². The van der Waals surface area contributed by atoms with E-state index in [9.17, 15) is 4.79 Å². The van der Waals surface area contributed by atoms with Gasteiger partial charge in [0, 0.05) is 42.9 Å². The molecule has 5 rings (SSSR count). The lowest BCUT2D eigenvalue weighted by Crippen LogP contribution is -2.49. The van der Waals surface area contributed by atoms with Gasteiger partial charge >= 0.3 is 0 Å². The van der Waals surface area contributed by atoms with Gasteiger partial charge in [-0.3, -0.25) is 9.20 Å². The summed E-state index contributed by atoms with van der Waals surface area (Å²) < 4.78 is 2.13. The largest absolute Gasteiger partial charge is 0.368 e. The number of amides is 1. The first kappa shape index (κ1) is 17.3. The van der Waals surface area contributed by atoms with E-state index < -0.39 is 0 Å². The van der Waals surface area contributed by atoms with Crippen LogP contribution in [-0.4, -0.2) is 46.4 Å². The normalized spacial score (nSPS) is 14.9. The number of nitrogens with zero attached hydrogens (tertiary/aromatic N) is 4. The van der Waals surface area contributed by atoms with Crippen LogP contribution in [0.5, 0.6) is 0 Å². The molecule has 0 spiro atoms. The number of fused-ring (bicyclic) bond motifs is 3. The van der Waals surface area contributed by atoms with E-state index in [0.717, 1.165) is 47.9 Å². The highest BCUT2D eigenvalue weighted by Crippen LogP contribution is 2.25. The highest BCUT2D eigenvalue weighted by molar-refractivity contribution is 7.15. The van der Waals surface area contributed by atoms with Gasteiger partial charge in [-0.1, -0.05) is 30.3 Å². The van der Waals surface area contributed by atoms with Crippen LogP contribution in [-0.2, 0) is 11.2 Å². The lowest BCUT2D eigenvalue weighted by Gasteiger charge is -2.36.